The zero-order valence-electron chi connectivity index (χ0n) is 12.3. The van der Waals surface area contributed by atoms with E-state index < -0.39 is 11.5 Å². The van der Waals surface area contributed by atoms with Crippen LogP contribution in [0.25, 0.3) is 11.0 Å². The van der Waals surface area contributed by atoms with Gasteiger partial charge in [-0.1, -0.05) is 0 Å². The molecule has 0 saturated carbocycles. The summed E-state index contributed by atoms with van der Waals surface area (Å²) in [6, 6.07) is 6.64. The number of amides is 1. The van der Waals surface area contributed by atoms with E-state index in [-0.39, 0.29) is 11.7 Å². The van der Waals surface area contributed by atoms with E-state index in [2.05, 4.69) is 5.32 Å². The number of benzene rings is 1. The quantitative estimate of drug-likeness (QED) is 0.870. The summed E-state index contributed by atoms with van der Waals surface area (Å²) >= 11 is 0. The van der Waals surface area contributed by atoms with E-state index >= 15 is 0 Å². The Labute approximate surface area is 127 Å². The fraction of sp³-hybridized carbons (Fsp3) is 0.375. The monoisotopic (exact) mass is 303 g/mol. The lowest BCUT2D eigenvalue weighted by atomic mass is 10.1. The molecule has 1 saturated heterocycles. The van der Waals surface area contributed by atoms with Crippen LogP contribution in [0.3, 0.4) is 0 Å². The zero-order chi connectivity index (χ0) is 15.5. The largest absolute Gasteiger partial charge is 0.497 e. The van der Waals surface area contributed by atoms with Gasteiger partial charge >= 0.3 is 5.63 Å². The molecule has 1 amide bonds. The predicted molar refractivity (Wildman–Crippen MR) is 80.3 cm³/mol. The zero-order valence-corrected chi connectivity index (χ0v) is 12.3. The summed E-state index contributed by atoms with van der Waals surface area (Å²) in [5, 5.41) is 3.39. The SMILES string of the molecule is COc1ccc2cc(C(=O)NCC3CCCO3)c(=O)oc2c1. The summed E-state index contributed by atoms with van der Waals surface area (Å²) in [4.78, 5) is 24.1. The van der Waals surface area contributed by atoms with Gasteiger partial charge in [0.2, 0.25) is 0 Å². The lowest BCUT2D eigenvalue weighted by Gasteiger charge is -2.10. The number of methoxy groups -OCH3 is 1. The second kappa shape index (κ2) is 6.19. The normalized spacial score (nSPS) is 17.6. The Balaban J connectivity index is 1.81. The second-order valence-corrected chi connectivity index (χ2v) is 5.20. The lowest BCUT2D eigenvalue weighted by molar-refractivity contribution is 0.0855. The first kappa shape index (κ1) is 14.6. The van der Waals surface area contributed by atoms with Gasteiger partial charge in [-0.15, -0.1) is 0 Å². The van der Waals surface area contributed by atoms with Crippen LogP contribution in [0, 0.1) is 0 Å². The van der Waals surface area contributed by atoms with Crippen LogP contribution in [0.2, 0.25) is 0 Å². The van der Waals surface area contributed by atoms with Gasteiger partial charge in [-0.3, -0.25) is 4.79 Å². The maximum absolute atomic E-state index is 12.1. The van der Waals surface area contributed by atoms with Crippen LogP contribution in [-0.4, -0.2) is 32.3 Å². The summed E-state index contributed by atoms with van der Waals surface area (Å²) in [6.07, 6.45) is 1.95. The van der Waals surface area contributed by atoms with Gasteiger partial charge in [-0.25, -0.2) is 4.79 Å². The van der Waals surface area contributed by atoms with Crippen molar-refractivity contribution in [2.75, 3.05) is 20.3 Å². The van der Waals surface area contributed by atoms with Crippen molar-refractivity contribution >= 4 is 16.9 Å². The highest BCUT2D eigenvalue weighted by Crippen LogP contribution is 2.20. The third-order valence-electron chi connectivity index (χ3n) is 3.70. The average molecular weight is 303 g/mol. The molecule has 2 aromatic rings. The van der Waals surface area contributed by atoms with E-state index in [0.717, 1.165) is 19.4 Å². The number of carbonyl (C=O) groups is 1. The highest BCUT2D eigenvalue weighted by atomic mass is 16.5. The van der Waals surface area contributed by atoms with E-state index in [1.54, 1.807) is 18.2 Å². The number of hydrogen-bond donors (Lipinski definition) is 1. The van der Waals surface area contributed by atoms with Crippen molar-refractivity contribution in [1.82, 2.24) is 5.32 Å². The highest BCUT2D eigenvalue weighted by Gasteiger charge is 2.19. The second-order valence-electron chi connectivity index (χ2n) is 5.20. The predicted octanol–water partition coefficient (Wildman–Crippen LogP) is 1.71. The molecule has 3 rings (SSSR count). The summed E-state index contributed by atoms with van der Waals surface area (Å²) in [5.41, 5.74) is -0.277. The molecule has 0 radical (unpaired) electrons. The fourth-order valence-electron chi connectivity index (χ4n) is 2.48. The number of hydrogen-bond acceptors (Lipinski definition) is 5. The van der Waals surface area contributed by atoms with Gasteiger partial charge in [0.15, 0.2) is 0 Å². The highest BCUT2D eigenvalue weighted by molar-refractivity contribution is 5.96. The van der Waals surface area contributed by atoms with Crippen LogP contribution in [0.15, 0.2) is 33.5 Å². The molecular formula is C16H17NO5. The van der Waals surface area contributed by atoms with Crippen molar-refractivity contribution in [2.45, 2.75) is 18.9 Å². The fourth-order valence-corrected chi connectivity index (χ4v) is 2.48. The number of rotatable bonds is 4. The molecular weight excluding hydrogens is 286 g/mol. The first-order valence-electron chi connectivity index (χ1n) is 7.19. The van der Waals surface area contributed by atoms with Crippen LogP contribution in [0.5, 0.6) is 5.75 Å². The molecule has 1 fully saturated rings. The molecule has 1 aromatic carbocycles. The van der Waals surface area contributed by atoms with E-state index in [0.29, 0.717) is 23.3 Å². The molecule has 6 nitrogen and oxygen atoms in total. The molecule has 0 bridgehead atoms. The van der Waals surface area contributed by atoms with Gasteiger partial charge in [-0.05, 0) is 31.0 Å². The number of carbonyl (C=O) groups excluding carboxylic acids is 1. The van der Waals surface area contributed by atoms with Gasteiger partial charge in [0.25, 0.3) is 5.91 Å². The van der Waals surface area contributed by atoms with E-state index in [4.69, 9.17) is 13.9 Å². The molecule has 1 aromatic heterocycles. The van der Waals surface area contributed by atoms with Crippen LogP contribution in [0.1, 0.15) is 23.2 Å². The van der Waals surface area contributed by atoms with Gasteiger partial charge < -0.3 is 19.2 Å². The van der Waals surface area contributed by atoms with Crippen molar-refractivity contribution in [3.8, 4) is 5.75 Å². The first-order valence-corrected chi connectivity index (χ1v) is 7.19. The maximum atomic E-state index is 12.1. The minimum absolute atomic E-state index is 0.00402. The molecule has 1 N–H and O–H groups in total. The van der Waals surface area contributed by atoms with E-state index in [9.17, 15) is 9.59 Å². The summed E-state index contributed by atoms with van der Waals surface area (Å²) in [6.45, 7) is 1.12. The number of fused-ring (bicyclic) bond motifs is 1. The van der Waals surface area contributed by atoms with Crippen molar-refractivity contribution in [3.63, 3.8) is 0 Å². The van der Waals surface area contributed by atoms with Crippen molar-refractivity contribution in [2.24, 2.45) is 0 Å². The van der Waals surface area contributed by atoms with Crippen molar-refractivity contribution in [1.29, 1.82) is 0 Å². The summed E-state index contributed by atoms with van der Waals surface area (Å²) in [7, 11) is 1.53. The molecule has 1 unspecified atom stereocenters. The maximum Gasteiger partial charge on any atom is 0.349 e. The summed E-state index contributed by atoms with van der Waals surface area (Å²) in [5.74, 6) is 0.146. The molecule has 1 atom stereocenters. The van der Waals surface area contributed by atoms with Crippen molar-refractivity contribution < 1.29 is 18.7 Å². The summed E-state index contributed by atoms with van der Waals surface area (Å²) < 4.78 is 15.7. The Morgan fingerprint density at radius 3 is 3.00 bits per heavy atom. The Morgan fingerprint density at radius 2 is 2.27 bits per heavy atom. The van der Waals surface area contributed by atoms with Gasteiger partial charge in [-0.2, -0.15) is 0 Å². The minimum atomic E-state index is -0.661. The van der Waals surface area contributed by atoms with Gasteiger partial charge in [0.05, 0.1) is 13.2 Å². The first-order chi connectivity index (χ1) is 10.7. The Bertz CT molecular complexity index is 746. The Morgan fingerprint density at radius 1 is 1.41 bits per heavy atom. The topological polar surface area (TPSA) is 77.8 Å². The standard InChI is InChI=1S/C16H17NO5/c1-20-11-5-4-10-7-13(16(19)22-14(10)8-11)15(18)17-9-12-3-2-6-21-12/h4-5,7-8,12H,2-3,6,9H2,1H3,(H,17,18). The van der Waals surface area contributed by atoms with Gasteiger partial charge in [0, 0.05) is 24.6 Å². The molecule has 0 aliphatic carbocycles. The number of ether oxygens (including phenoxy) is 2. The molecule has 6 heteroatoms. The van der Waals surface area contributed by atoms with Crippen LogP contribution in [-0.2, 0) is 4.74 Å². The lowest BCUT2D eigenvalue weighted by Crippen LogP contribution is -2.34. The molecule has 0 spiro atoms. The number of nitrogens with one attached hydrogen (secondary N) is 1. The molecule has 1 aliphatic rings. The van der Waals surface area contributed by atoms with Crippen molar-refractivity contribution in [3.05, 3.63) is 40.2 Å². The van der Waals surface area contributed by atoms with Crippen LogP contribution >= 0.6 is 0 Å². The van der Waals surface area contributed by atoms with Gasteiger partial charge in [0.1, 0.15) is 16.9 Å². The third-order valence-corrected chi connectivity index (χ3v) is 3.70. The van der Waals surface area contributed by atoms with Crippen LogP contribution < -0.4 is 15.7 Å². The molecule has 116 valence electrons. The minimum Gasteiger partial charge on any atom is -0.497 e. The van der Waals surface area contributed by atoms with E-state index in [1.165, 1.54) is 13.2 Å². The third kappa shape index (κ3) is 2.96. The van der Waals surface area contributed by atoms with E-state index in [1.807, 2.05) is 0 Å². The van der Waals surface area contributed by atoms with Crippen LogP contribution in [0.4, 0.5) is 0 Å². The Kier molecular flexibility index (Phi) is 4.11. The molecule has 2 heterocycles. The molecule has 1 aliphatic heterocycles. The average Bonchev–Trinajstić information content (AvgIpc) is 3.04. The molecule has 22 heavy (non-hydrogen) atoms. The smallest absolute Gasteiger partial charge is 0.349 e. The Hall–Kier alpha value is -2.34.